The van der Waals surface area contributed by atoms with Crippen LogP contribution in [0.1, 0.15) is 104 Å². The summed E-state index contributed by atoms with van der Waals surface area (Å²) in [5.74, 6) is -1.61. The molecule has 7 rings (SSSR count). The number of benzene rings is 4. The van der Waals surface area contributed by atoms with Gasteiger partial charge in [0.15, 0.2) is 0 Å². The highest BCUT2D eigenvalue weighted by Crippen LogP contribution is 2.27. The van der Waals surface area contributed by atoms with E-state index in [1.54, 1.807) is 49.1 Å². The summed E-state index contributed by atoms with van der Waals surface area (Å²) in [6.45, 7) is 0.537. The topological polar surface area (TPSA) is 219 Å². The van der Waals surface area contributed by atoms with E-state index in [1.807, 2.05) is 84.9 Å². The number of nitrogens with one attached hydrogen (secondary N) is 2. The summed E-state index contributed by atoms with van der Waals surface area (Å²) < 4.78 is 54.8. The largest absolute Gasteiger partial charge is 0.481 e. The second-order valence-corrected chi connectivity index (χ2v) is 21.7. The van der Waals surface area contributed by atoms with Gasteiger partial charge in [-0.15, -0.1) is 0 Å². The molecule has 17 heteroatoms. The summed E-state index contributed by atoms with van der Waals surface area (Å²) in [6.07, 6.45) is 21.5. The van der Waals surface area contributed by atoms with Crippen LogP contribution < -0.4 is 15.2 Å². The Morgan fingerprint density at radius 3 is 1.26 bits per heavy atom. The minimum Gasteiger partial charge on any atom is -0.481 e. The molecule has 1 fully saturated rings. The molecule has 6 aromatic rings. The molecular weight excluding hydrogens is 1010 g/mol. The van der Waals surface area contributed by atoms with Crippen LogP contribution >= 0.6 is 23.2 Å². The van der Waals surface area contributed by atoms with E-state index in [0.717, 1.165) is 44.5 Å². The van der Waals surface area contributed by atoms with Crippen molar-refractivity contribution in [1.82, 2.24) is 19.4 Å². The smallest absolute Gasteiger partial charge is 0.303 e. The Morgan fingerprint density at radius 1 is 0.562 bits per heavy atom. The number of carbonyl (C=O) groups is 2. The van der Waals surface area contributed by atoms with Gasteiger partial charge in [0.1, 0.15) is 0 Å². The minimum atomic E-state index is -3.59. The number of sulfonamides is 2. The van der Waals surface area contributed by atoms with E-state index in [2.05, 4.69) is 19.4 Å². The number of unbranched alkanes of at least 4 members (excludes halogenated alkanes) is 2. The first kappa shape index (κ1) is 57.9. The van der Waals surface area contributed by atoms with Crippen molar-refractivity contribution >= 4 is 66.3 Å². The summed E-state index contributed by atoms with van der Waals surface area (Å²) in [5.41, 5.74) is 13.5. The number of carboxylic acids is 2. The molecule has 13 nitrogen and oxygen atoms in total. The Morgan fingerprint density at radius 2 is 0.945 bits per heavy atom. The van der Waals surface area contributed by atoms with E-state index in [-0.39, 0.29) is 35.7 Å². The van der Waals surface area contributed by atoms with Crippen molar-refractivity contribution in [3.63, 3.8) is 0 Å². The Hall–Kier alpha value is -6.04. The van der Waals surface area contributed by atoms with Crippen LogP contribution in [-0.4, -0.2) is 68.1 Å². The number of aliphatic carboxylic acids is 2. The first-order chi connectivity index (χ1) is 35.1. The van der Waals surface area contributed by atoms with Crippen LogP contribution in [0.2, 0.25) is 10.0 Å². The Kier molecular flexibility index (Phi) is 24.0. The van der Waals surface area contributed by atoms with E-state index >= 15 is 0 Å². The minimum absolute atomic E-state index is 0.127. The van der Waals surface area contributed by atoms with Crippen LogP contribution in [0.15, 0.2) is 168 Å². The number of nitrogens with two attached hydrogens (primary N) is 1. The third kappa shape index (κ3) is 20.8. The standard InChI is InChI=1S/2C25H25ClN2O4S.C6H13N/c2*26-22-11-13-23(14-12-22)33(31,32)28-17-15-19-7-9-20(10-8-19)24(5-1-2-6-25(29)30)21-4-3-16-27-18-21;7-6-4-2-1-3-5-6/h2*3-5,7-14,16,18,28H,1-2,6,15,17H2,(H,29,30);6H,1-5,7H2/b2*24-5-;. The fourth-order valence-electron chi connectivity index (χ4n) is 7.74. The van der Waals surface area contributed by atoms with Crippen molar-refractivity contribution in [1.29, 1.82) is 0 Å². The van der Waals surface area contributed by atoms with E-state index in [0.29, 0.717) is 54.6 Å². The molecule has 2 heterocycles. The molecule has 1 aliphatic carbocycles. The zero-order chi connectivity index (χ0) is 52.5. The average Bonchev–Trinajstić information content (AvgIpc) is 3.38. The second kappa shape index (κ2) is 30.2. The number of carboxylic acid groups (broad SMARTS) is 2. The quantitative estimate of drug-likeness (QED) is 0.0403. The number of hydrogen-bond donors (Lipinski definition) is 5. The van der Waals surface area contributed by atoms with Crippen LogP contribution in [-0.2, 0) is 42.5 Å². The second-order valence-electron chi connectivity index (χ2n) is 17.3. The molecule has 0 bridgehead atoms. The van der Waals surface area contributed by atoms with E-state index in [9.17, 15) is 26.4 Å². The Labute approximate surface area is 439 Å². The molecule has 1 aliphatic rings. The van der Waals surface area contributed by atoms with Gasteiger partial charge in [-0.3, -0.25) is 19.6 Å². The van der Waals surface area contributed by atoms with Gasteiger partial charge >= 0.3 is 11.9 Å². The summed E-state index contributed by atoms with van der Waals surface area (Å²) in [6, 6.07) is 36.1. The van der Waals surface area contributed by atoms with Gasteiger partial charge in [-0.05, 0) is 145 Å². The molecule has 0 amide bonds. The molecule has 73 heavy (non-hydrogen) atoms. The highest BCUT2D eigenvalue weighted by atomic mass is 35.5. The van der Waals surface area contributed by atoms with Gasteiger partial charge in [-0.25, -0.2) is 26.3 Å². The molecule has 1 saturated carbocycles. The molecular formula is C56H63Cl2N5O8S2. The number of aromatic nitrogens is 2. The molecule has 0 saturated heterocycles. The van der Waals surface area contributed by atoms with Crippen LogP contribution in [0.25, 0.3) is 11.1 Å². The van der Waals surface area contributed by atoms with E-state index in [4.69, 9.17) is 39.1 Å². The van der Waals surface area contributed by atoms with Gasteiger partial charge in [-0.2, -0.15) is 0 Å². The predicted octanol–water partition coefficient (Wildman–Crippen LogP) is 11.2. The predicted molar refractivity (Wildman–Crippen MR) is 290 cm³/mol. The molecule has 0 aliphatic heterocycles. The number of allylic oxidation sites excluding steroid dienone is 2. The molecule has 4 aromatic carbocycles. The third-order valence-electron chi connectivity index (χ3n) is 11.7. The van der Waals surface area contributed by atoms with Gasteiger partial charge in [0, 0.05) is 77.9 Å². The number of nitrogens with zero attached hydrogens (tertiary/aromatic N) is 2. The van der Waals surface area contributed by atoms with Gasteiger partial charge in [-0.1, -0.05) is 115 Å². The summed E-state index contributed by atoms with van der Waals surface area (Å²) in [4.78, 5) is 30.3. The van der Waals surface area contributed by atoms with Gasteiger partial charge in [0.05, 0.1) is 9.79 Å². The number of pyridine rings is 2. The van der Waals surface area contributed by atoms with Gasteiger partial charge in [0.2, 0.25) is 20.0 Å². The maximum atomic E-state index is 12.4. The number of halogens is 2. The summed E-state index contributed by atoms with van der Waals surface area (Å²) >= 11 is 11.6. The third-order valence-corrected chi connectivity index (χ3v) is 15.1. The molecule has 0 atom stereocenters. The zero-order valence-electron chi connectivity index (χ0n) is 40.6. The lowest BCUT2D eigenvalue weighted by molar-refractivity contribution is -0.138. The van der Waals surface area contributed by atoms with Crippen molar-refractivity contribution in [2.75, 3.05) is 13.1 Å². The monoisotopic (exact) mass is 1070 g/mol. The molecule has 2 aromatic heterocycles. The summed E-state index contributed by atoms with van der Waals surface area (Å²) in [5, 5.41) is 18.7. The summed E-state index contributed by atoms with van der Waals surface area (Å²) in [7, 11) is -7.18. The van der Waals surface area contributed by atoms with Crippen molar-refractivity contribution < 1.29 is 36.6 Å². The molecule has 0 unspecified atom stereocenters. The molecule has 0 spiro atoms. The lowest BCUT2D eigenvalue weighted by atomic mass is 9.96. The van der Waals surface area contributed by atoms with Crippen molar-refractivity contribution in [2.45, 2.75) is 99.3 Å². The normalized spacial score (nSPS) is 13.2. The lowest BCUT2D eigenvalue weighted by Gasteiger charge is -2.15. The van der Waals surface area contributed by atoms with Crippen LogP contribution in [0.3, 0.4) is 0 Å². The highest BCUT2D eigenvalue weighted by molar-refractivity contribution is 7.89. The Bertz CT molecular complexity index is 2730. The zero-order valence-corrected chi connectivity index (χ0v) is 43.7. The molecule has 386 valence electrons. The van der Waals surface area contributed by atoms with Gasteiger partial charge < -0.3 is 15.9 Å². The van der Waals surface area contributed by atoms with Crippen molar-refractivity contribution in [3.05, 3.63) is 202 Å². The number of hydrogen-bond acceptors (Lipinski definition) is 9. The maximum absolute atomic E-state index is 12.4. The SMILES string of the molecule is NC1CCCCC1.O=C(O)CCC/C=C(/c1ccc(CCNS(=O)(=O)c2ccc(Cl)cc2)cc1)c1cccnc1.O=C(O)CCC/C=C(/c1ccc(CCNS(=O)(=O)c2ccc(Cl)cc2)cc1)c1cccnc1. The van der Waals surface area contributed by atoms with Crippen molar-refractivity contribution in [3.8, 4) is 0 Å². The Balaban J connectivity index is 0.000000238. The number of rotatable bonds is 22. The maximum Gasteiger partial charge on any atom is 0.303 e. The fraction of sp³-hybridized carbons (Fsp3) is 0.286. The van der Waals surface area contributed by atoms with Gasteiger partial charge in [0.25, 0.3) is 0 Å². The molecule has 6 N–H and O–H groups in total. The van der Waals surface area contributed by atoms with Crippen LogP contribution in [0, 0.1) is 0 Å². The highest BCUT2D eigenvalue weighted by Gasteiger charge is 2.15. The van der Waals surface area contributed by atoms with Crippen LogP contribution in [0.4, 0.5) is 0 Å². The van der Waals surface area contributed by atoms with Crippen LogP contribution in [0.5, 0.6) is 0 Å². The van der Waals surface area contributed by atoms with E-state index < -0.39 is 32.0 Å². The van der Waals surface area contributed by atoms with Crippen molar-refractivity contribution in [2.24, 2.45) is 5.73 Å². The van der Waals surface area contributed by atoms with E-state index in [1.165, 1.54) is 56.4 Å². The first-order valence-electron chi connectivity index (χ1n) is 24.2. The fourth-order valence-corrected chi connectivity index (χ4v) is 10.1. The average molecular weight is 1070 g/mol. The first-order valence-corrected chi connectivity index (χ1v) is 27.9. The lowest BCUT2D eigenvalue weighted by Crippen LogP contribution is -2.25. The molecule has 0 radical (unpaired) electrons.